The molecule has 0 spiro atoms. The van der Waals surface area contributed by atoms with Gasteiger partial charge >= 0.3 is 19.2 Å². The molecule has 4 rings (SSSR count). The van der Waals surface area contributed by atoms with Gasteiger partial charge in [0.25, 0.3) is 5.56 Å². The summed E-state index contributed by atoms with van der Waals surface area (Å²) in [6, 6.07) is 2.17. The van der Waals surface area contributed by atoms with Crippen molar-refractivity contribution in [2.75, 3.05) is 0 Å². The van der Waals surface area contributed by atoms with Crippen molar-refractivity contribution >= 4 is 11.6 Å². The van der Waals surface area contributed by atoms with E-state index in [1.165, 1.54) is 16.7 Å². The number of ether oxygens (including phenoxy) is 2. The first-order valence-corrected chi connectivity index (χ1v) is 9.82. The number of pyridine rings is 2. The highest BCUT2D eigenvalue weighted by Crippen LogP contribution is 2.47. The zero-order valence-electron chi connectivity index (χ0n) is 17.7. The number of aromatic nitrogens is 3. The number of nitrogens with one attached hydrogen (secondary N) is 1. The van der Waals surface area contributed by atoms with Crippen molar-refractivity contribution in [3.05, 3.63) is 45.5 Å². The molecule has 0 amide bonds. The molecule has 0 fully saturated rings. The fraction of sp³-hybridized carbons (Fsp3) is 0.381. The first kappa shape index (κ1) is 22.6. The standard InChI is InChI=1S/C21H19F4N3O5/c1-21(2,3)11-6-12-15(14-9(11)5-10(18(30)31)17(29)27-14)26-16-13(33-20(24)25)4-8(7-28(12)16)32-19(22)23/h4-5,7,11,19-20H,6H2,1-3H3,(H,27,29)(H,30,31). The van der Waals surface area contributed by atoms with Gasteiger partial charge in [0.05, 0.1) is 17.6 Å². The van der Waals surface area contributed by atoms with E-state index in [4.69, 9.17) is 0 Å². The van der Waals surface area contributed by atoms with Gasteiger partial charge in [-0.15, -0.1) is 0 Å². The highest BCUT2D eigenvalue weighted by molar-refractivity contribution is 5.88. The molecule has 3 aromatic heterocycles. The predicted octanol–water partition coefficient (Wildman–Crippen LogP) is 4.28. The Morgan fingerprint density at radius 2 is 1.88 bits per heavy atom. The smallest absolute Gasteiger partial charge is 0.387 e. The summed E-state index contributed by atoms with van der Waals surface area (Å²) in [6.07, 6.45) is 1.43. The van der Waals surface area contributed by atoms with Crippen molar-refractivity contribution < 1.29 is 36.9 Å². The number of hydrogen-bond acceptors (Lipinski definition) is 5. The number of rotatable bonds is 5. The van der Waals surface area contributed by atoms with Crippen LogP contribution in [0.3, 0.4) is 0 Å². The second kappa shape index (κ2) is 7.78. The Morgan fingerprint density at radius 3 is 2.45 bits per heavy atom. The summed E-state index contributed by atoms with van der Waals surface area (Å²) < 4.78 is 61.9. The molecule has 8 nitrogen and oxygen atoms in total. The fourth-order valence-corrected chi connectivity index (χ4v) is 4.13. The van der Waals surface area contributed by atoms with Crippen molar-refractivity contribution in [2.45, 2.75) is 46.3 Å². The average molecular weight is 469 g/mol. The molecule has 1 aliphatic rings. The van der Waals surface area contributed by atoms with Gasteiger partial charge in [0, 0.05) is 6.07 Å². The maximum absolute atomic E-state index is 13.0. The Bertz CT molecular complexity index is 1310. The summed E-state index contributed by atoms with van der Waals surface area (Å²) in [6.45, 7) is -0.708. The van der Waals surface area contributed by atoms with Crippen molar-refractivity contribution in [1.29, 1.82) is 0 Å². The molecule has 176 valence electrons. The minimum absolute atomic E-state index is 0.0921. The molecule has 0 aromatic carbocycles. The highest BCUT2D eigenvalue weighted by atomic mass is 19.3. The van der Waals surface area contributed by atoms with E-state index in [9.17, 15) is 32.3 Å². The third-order valence-electron chi connectivity index (χ3n) is 5.56. The van der Waals surface area contributed by atoms with Gasteiger partial charge in [-0.3, -0.25) is 9.20 Å². The van der Waals surface area contributed by atoms with Crippen molar-refractivity contribution in [3.8, 4) is 22.9 Å². The molecule has 1 unspecified atom stereocenters. The number of fused-ring (bicyclic) bond motifs is 5. The normalized spacial score (nSPS) is 15.6. The molecule has 0 saturated heterocycles. The number of hydrogen-bond donors (Lipinski definition) is 2. The highest BCUT2D eigenvalue weighted by Gasteiger charge is 2.37. The van der Waals surface area contributed by atoms with Crippen LogP contribution in [-0.2, 0) is 6.42 Å². The summed E-state index contributed by atoms with van der Waals surface area (Å²) in [5, 5.41) is 9.39. The molecule has 0 radical (unpaired) electrons. The molecule has 0 bridgehead atoms. The molecule has 1 atom stereocenters. The molecular formula is C21H19F4N3O5. The Balaban J connectivity index is 2.04. The fourth-order valence-electron chi connectivity index (χ4n) is 4.13. The van der Waals surface area contributed by atoms with Gasteiger partial charge < -0.3 is 19.6 Å². The van der Waals surface area contributed by atoms with Crippen molar-refractivity contribution in [1.82, 2.24) is 14.4 Å². The lowest BCUT2D eigenvalue weighted by Crippen LogP contribution is -2.29. The van der Waals surface area contributed by atoms with E-state index in [0.29, 0.717) is 11.3 Å². The molecule has 2 N–H and O–H groups in total. The molecule has 0 aliphatic heterocycles. The first-order chi connectivity index (χ1) is 15.4. The third-order valence-corrected chi connectivity index (χ3v) is 5.56. The van der Waals surface area contributed by atoms with Crippen LogP contribution in [0.2, 0.25) is 0 Å². The van der Waals surface area contributed by atoms with Crippen LogP contribution in [-0.4, -0.2) is 38.7 Å². The van der Waals surface area contributed by atoms with E-state index in [2.05, 4.69) is 19.4 Å². The van der Waals surface area contributed by atoms with Crippen LogP contribution in [0, 0.1) is 5.41 Å². The maximum atomic E-state index is 13.0. The van der Waals surface area contributed by atoms with Gasteiger partial charge in [-0.25, -0.2) is 9.78 Å². The predicted molar refractivity (Wildman–Crippen MR) is 107 cm³/mol. The van der Waals surface area contributed by atoms with E-state index in [1.54, 1.807) is 0 Å². The number of halogens is 4. The number of carbonyl (C=O) groups is 1. The van der Waals surface area contributed by atoms with Crippen LogP contribution < -0.4 is 15.0 Å². The topological polar surface area (TPSA) is 106 Å². The third kappa shape index (κ3) is 4.00. The van der Waals surface area contributed by atoms with Crippen LogP contribution in [0.4, 0.5) is 17.6 Å². The second-order valence-corrected chi connectivity index (χ2v) is 8.67. The number of nitrogens with zero attached hydrogens (tertiary/aromatic N) is 2. The number of alkyl halides is 4. The Kier molecular flexibility index (Phi) is 5.33. The summed E-state index contributed by atoms with van der Waals surface area (Å²) in [4.78, 5) is 30.8. The molecule has 3 aromatic rings. The Morgan fingerprint density at radius 1 is 1.21 bits per heavy atom. The van der Waals surface area contributed by atoms with E-state index in [-0.39, 0.29) is 29.4 Å². The molecule has 0 saturated carbocycles. The summed E-state index contributed by atoms with van der Waals surface area (Å²) in [5.41, 5.74) is -0.420. The largest absolute Gasteiger partial charge is 0.477 e. The van der Waals surface area contributed by atoms with Crippen LogP contribution >= 0.6 is 0 Å². The van der Waals surface area contributed by atoms with Gasteiger partial charge in [0.15, 0.2) is 11.4 Å². The monoisotopic (exact) mass is 469 g/mol. The lowest BCUT2D eigenvalue weighted by Gasteiger charge is -2.35. The Labute approximate surface area is 183 Å². The van der Waals surface area contributed by atoms with Gasteiger partial charge in [-0.2, -0.15) is 17.6 Å². The first-order valence-electron chi connectivity index (χ1n) is 9.82. The van der Waals surface area contributed by atoms with Crippen LogP contribution in [0.1, 0.15) is 48.3 Å². The molecule has 3 heterocycles. The summed E-state index contributed by atoms with van der Waals surface area (Å²) in [5.74, 6) is -2.63. The number of carboxylic acids is 1. The second-order valence-electron chi connectivity index (χ2n) is 8.67. The van der Waals surface area contributed by atoms with E-state index in [0.717, 1.165) is 6.07 Å². The summed E-state index contributed by atoms with van der Waals surface area (Å²) in [7, 11) is 0. The number of carboxylic acid groups (broad SMARTS) is 1. The van der Waals surface area contributed by atoms with Crippen molar-refractivity contribution in [3.63, 3.8) is 0 Å². The zero-order valence-corrected chi connectivity index (χ0v) is 17.7. The van der Waals surface area contributed by atoms with E-state index >= 15 is 0 Å². The molecule has 1 aliphatic carbocycles. The van der Waals surface area contributed by atoms with Crippen LogP contribution in [0.5, 0.6) is 11.5 Å². The Hall–Kier alpha value is -3.57. The van der Waals surface area contributed by atoms with E-state index in [1.807, 2.05) is 20.8 Å². The van der Waals surface area contributed by atoms with Crippen LogP contribution in [0.15, 0.2) is 23.1 Å². The lowest BCUT2D eigenvalue weighted by molar-refractivity contribution is -0.0542. The van der Waals surface area contributed by atoms with Gasteiger partial charge in [-0.1, -0.05) is 20.8 Å². The molecule has 12 heteroatoms. The van der Waals surface area contributed by atoms with E-state index < -0.39 is 47.2 Å². The minimum Gasteiger partial charge on any atom is -0.477 e. The molecular weight excluding hydrogens is 450 g/mol. The van der Waals surface area contributed by atoms with Crippen LogP contribution in [0.25, 0.3) is 17.0 Å². The van der Waals surface area contributed by atoms with Gasteiger partial charge in [0.2, 0.25) is 0 Å². The maximum Gasteiger partial charge on any atom is 0.387 e. The average Bonchev–Trinajstić information content (AvgIpc) is 3.04. The zero-order chi connectivity index (χ0) is 24.2. The minimum atomic E-state index is -3.25. The number of H-pyrrole nitrogens is 1. The number of imidazole rings is 1. The quantitative estimate of drug-likeness (QED) is 0.541. The summed E-state index contributed by atoms with van der Waals surface area (Å²) >= 11 is 0. The SMILES string of the molecule is CC(C)(C)C1Cc2c(nc3c(OC(F)F)cc(OC(F)F)cn23)-c2[nH]c(=O)c(C(=O)O)cc21. The lowest BCUT2D eigenvalue weighted by atomic mass is 9.70. The van der Waals surface area contributed by atoms with Gasteiger partial charge in [0.1, 0.15) is 17.0 Å². The number of aromatic amines is 1. The molecule has 33 heavy (non-hydrogen) atoms. The van der Waals surface area contributed by atoms with Gasteiger partial charge in [-0.05, 0) is 29.4 Å². The van der Waals surface area contributed by atoms with Crippen molar-refractivity contribution in [2.24, 2.45) is 5.41 Å². The number of aromatic carboxylic acids is 1.